The highest BCUT2D eigenvalue weighted by atomic mass is 16.1. The van der Waals surface area contributed by atoms with Crippen molar-refractivity contribution in [2.24, 2.45) is 0 Å². The topological polar surface area (TPSA) is 71.8 Å². The van der Waals surface area contributed by atoms with E-state index in [0.717, 1.165) is 5.56 Å². The molecule has 0 bridgehead atoms. The van der Waals surface area contributed by atoms with Crippen molar-refractivity contribution in [3.05, 3.63) is 57.6 Å². The number of nitrogens with two attached hydrogens (primary N) is 1. The van der Waals surface area contributed by atoms with Crippen molar-refractivity contribution in [3.63, 3.8) is 0 Å². The van der Waals surface area contributed by atoms with Gasteiger partial charge in [0.1, 0.15) is 11.6 Å². The number of H-pyrrole nitrogens is 1. The van der Waals surface area contributed by atoms with Crippen molar-refractivity contribution in [1.82, 2.24) is 9.97 Å². The summed E-state index contributed by atoms with van der Waals surface area (Å²) in [7, 11) is 0. The second-order valence-electron chi connectivity index (χ2n) is 5.12. The van der Waals surface area contributed by atoms with Crippen LogP contribution in [0.1, 0.15) is 37.7 Å². The van der Waals surface area contributed by atoms with E-state index in [1.165, 1.54) is 0 Å². The van der Waals surface area contributed by atoms with Crippen molar-refractivity contribution < 1.29 is 0 Å². The van der Waals surface area contributed by atoms with Crippen LogP contribution in [-0.4, -0.2) is 9.97 Å². The van der Waals surface area contributed by atoms with E-state index in [9.17, 15) is 4.79 Å². The van der Waals surface area contributed by atoms with Gasteiger partial charge in [0.25, 0.3) is 5.56 Å². The Bertz CT molecular complexity index is 630. The molecule has 2 aromatic rings. The van der Waals surface area contributed by atoms with E-state index in [0.29, 0.717) is 23.6 Å². The molecule has 4 nitrogen and oxygen atoms in total. The van der Waals surface area contributed by atoms with Crippen molar-refractivity contribution in [1.29, 1.82) is 0 Å². The Hall–Kier alpha value is -2.10. The lowest BCUT2D eigenvalue weighted by Crippen LogP contribution is -2.28. The van der Waals surface area contributed by atoms with Crippen molar-refractivity contribution >= 4 is 5.82 Å². The molecule has 3 N–H and O–H groups in total. The highest BCUT2D eigenvalue weighted by Gasteiger charge is 2.26. The van der Waals surface area contributed by atoms with Gasteiger partial charge in [-0.2, -0.15) is 0 Å². The van der Waals surface area contributed by atoms with Gasteiger partial charge < -0.3 is 10.7 Å². The molecule has 0 spiro atoms. The first-order valence-corrected chi connectivity index (χ1v) is 6.41. The normalized spacial score (nSPS) is 11.5. The first-order valence-electron chi connectivity index (χ1n) is 6.41. The van der Waals surface area contributed by atoms with Gasteiger partial charge in [0, 0.05) is 5.41 Å². The lowest BCUT2D eigenvalue weighted by molar-refractivity contribution is 0.586. The molecule has 0 radical (unpaired) electrons. The van der Waals surface area contributed by atoms with Crippen LogP contribution in [0.3, 0.4) is 0 Å². The van der Waals surface area contributed by atoms with Crippen LogP contribution >= 0.6 is 0 Å². The predicted molar refractivity (Wildman–Crippen MR) is 77.2 cm³/mol. The summed E-state index contributed by atoms with van der Waals surface area (Å²) >= 11 is 0. The molecule has 2 rings (SSSR count). The zero-order valence-electron chi connectivity index (χ0n) is 11.5. The number of rotatable bonds is 3. The number of hydrogen-bond acceptors (Lipinski definition) is 3. The van der Waals surface area contributed by atoms with Crippen LogP contribution in [0, 0.1) is 0 Å². The molecular formula is C15H19N3O. The molecule has 0 unspecified atom stereocenters. The zero-order valence-corrected chi connectivity index (χ0v) is 11.5. The first-order chi connectivity index (χ1) is 8.96. The third-order valence-corrected chi connectivity index (χ3v) is 3.49. The Kier molecular flexibility index (Phi) is 3.42. The summed E-state index contributed by atoms with van der Waals surface area (Å²) in [5.74, 6) is 0.920. The second kappa shape index (κ2) is 4.88. The monoisotopic (exact) mass is 257 g/mol. The molecule has 1 aromatic heterocycles. The average Bonchev–Trinajstić information content (AvgIpc) is 2.39. The quantitative estimate of drug-likeness (QED) is 0.885. The second-order valence-corrected chi connectivity index (χ2v) is 5.12. The summed E-state index contributed by atoms with van der Waals surface area (Å²) in [6, 6.07) is 9.94. The summed E-state index contributed by atoms with van der Waals surface area (Å²) in [6.45, 7) is 5.93. The van der Waals surface area contributed by atoms with Crippen LogP contribution in [-0.2, 0) is 11.8 Å². The summed E-state index contributed by atoms with van der Waals surface area (Å²) < 4.78 is 0. The first kappa shape index (κ1) is 13.3. The molecule has 4 heteroatoms. The number of benzene rings is 1. The molecule has 0 aliphatic heterocycles. The SMILES string of the molecule is CCc1c(N)nc(C(C)(C)c2ccccc2)[nH]c1=O. The summed E-state index contributed by atoms with van der Waals surface area (Å²) in [6.07, 6.45) is 0.584. The molecule has 0 atom stereocenters. The van der Waals surface area contributed by atoms with Crippen LogP contribution < -0.4 is 11.3 Å². The minimum absolute atomic E-state index is 0.144. The number of nitrogen functional groups attached to an aromatic ring is 1. The van der Waals surface area contributed by atoms with Gasteiger partial charge in [-0.05, 0) is 25.8 Å². The minimum Gasteiger partial charge on any atom is -0.383 e. The highest BCUT2D eigenvalue weighted by Crippen LogP contribution is 2.28. The predicted octanol–water partition coefficient (Wildman–Crippen LogP) is 2.24. The molecule has 1 aromatic carbocycles. The van der Waals surface area contributed by atoms with Gasteiger partial charge in [0.15, 0.2) is 0 Å². The zero-order chi connectivity index (χ0) is 14.0. The molecule has 0 aliphatic rings. The van der Waals surface area contributed by atoms with Crippen molar-refractivity contribution in [2.75, 3.05) is 5.73 Å². The van der Waals surface area contributed by atoms with Gasteiger partial charge in [-0.3, -0.25) is 4.79 Å². The number of nitrogens with zero attached hydrogens (tertiary/aromatic N) is 1. The van der Waals surface area contributed by atoms with Gasteiger partial charge in [0.05, 0.1) is 5.56 Å². The Morgan fingerprint density at radius 2 is 1.89 bits per heavy atom. The van der Waals surface area contributed by atoms with Crippen LogP contribution in [0.2, 0.25) is 0 Å². The fourth-order valence-electron chi connectivity index (χ4n) is 2.14. The lowest BCUT2D eigenvalue weighted by Gasteiger charge is -2.24. The number of hydrogen-bond donors (Lipinski definition) is 2. The molecular weight excluding hydrogens is 238 g/mol. The summed E-state index contributed by atoms with van der Waals surface area (Å²) in [4.78, 5) is 19.2. The Balaban J connectivity index is 2.56. The summed E-state index contributed by atoms with van der Waals surface area (Å²) in [5, 5.41) is 0. The molecule has 0 amide bonds. The Labute approximate surface area is 112 Å². The van der Waals surface area contributed by atoms with Crippen molar-refractivity contribution in [3.8, 4) is 0 Å². The number of aromatic nitrogens is 2. The van der Waals surface area contributed by atoms with E-state index < -0.39 is 0 Å². The fourth-order valence-corrected chi connectivity index (χ4v) is 2.14. The maximum atomic E-state index is 12.0. The van der Waals surface area contributed by atoms with Gasteiger partial charge in [-0.15, -0.1) is 0 Å². The van der Waals surface area contributed by atoms with Gasteiger partial charge in [-0.25, -0.2) is 4.98 Å². The Morgan fingerprint density at radius 1 is 1.26 bits per heavy atom. The van der Waals surface area contributed by atoms with Gasteiger partial charge >= 0.3 is 0 Å². The van der Waals surface area contributed by atoms with E-state index in [4.69, 9.17) is 5.73 Å². The van der Waals surface area contributed by atoms with Crippen molar-refractivity contribution in [2.45, 2.75) is 32.6 Å². The minimum atomic E-state index is -0.388. The number of anilines is 1. The molecule has 0 fully saturated rings. The van der Waals surface area contributed by atoms with E-state index >= 15 is 0 Å². The molecule has 0 saturated carbocycles. The largest absolute Gasteiger partial charge is 0.383 e. The van der Waals surface area contributed by atoms with Gasteiger partial charge in [-0.1, -0.05) is 37.3 Å². The van der Waals surface area contributed by atoms with E-state index in [2.05, 4.69) is 9.97 Å². The fraction of sp³-hybridized carbons (Fsp3) is 0.333. The smallest absolute Gasteiger partial charge is 0.256 e. The van der Waals surface area contributed by atoms with Gasteiger partial charge in [0.2, 0.25) is 0 Å². The average molecular weight is 257 g/mol. The maximum Gasteiger partial charge on any atom is 0.256 e. The van der Waals surface area contributed by atoms with Crippen LogP contribution in [0.4, 0.5) is 5.82 Å². The van der Waals surface area contributed by atoms with Crippen LogP contribution in [0.25, 0.3) is 0 Å². The Morgan fingerprint density at radius 3 is 2.42 bits per heavy atom. The molecule has 1 heterocycles. The maximum absolute atomic E-state index is 12.0. The number of aromatic amines is 1. The highest BCUT2D eigenvalue weighted by molar-refractivity contribution is 5.40. The van der Waals surface area contributed by atoms with Crippen LogP contribution in [0.15, 0.2) is 35.1 Å². The number of nitrogens with one attached hydrogen (secondary N) is 1. The molecule has 100 valence electrons. The molecule has 19 heavy (non-hydrogen) atoms. The third-order valence-electron chi connectivity index (χ3n) is 3.49. The van der Waals surface area contributed by atoms with E-state index in [1.54, 1.807) is 0 Å². The standard InChI is InChI=1S/C15H19N3O/c1-4-11-12(16)17-14(18-13(11)19)15(2,3)10-8-6-5-7-9-10/h5-9H,4H2,1-3H3,(H3,16,17,18,19). The lowest BCUT2D eigenvalue weighted by atomic mass is 9.83. The van der Waals surface area contributed by atoms with Crippen LogP contribution in [0.5, 0.6) is 0 Å². The third kappa shape index (κ3) is 2.38. The van der Waals surface area contributed by atoms with E-state index in [-0.39, 0.29) is 11.0 Å². The molecule has 0 saturated heterocycles. The molecule has 0 aliphatic carbocycles. The van der Waals surface area contributed by atoms with E-state index in [1.807, 2.05) is 51.1 Å². The summed E-state index contributed by atoms with van der Waals surface area (Å²) in [5.41, 5.74) is 6.98.